The van der Waals surface area contributed by atoms with Crippen LogP contribution in [0.25, 0.3) is 0 Å². The smallest absolute Gasteiger partial charge is 0.132 e. The van der Waals surface area contributed by atoms with E-state index in [-0.39, 0.29) is 0 Å². The Kier molecular flexibility index (Phi) is 9.75. The van der Waals surface area contributed by atoms with E-state index in [9.17, 15) is 0 Å². The molecule has 0 N–H and O–H groups in total. The molecule has 32 heavy (non-hydrogen) atoms. The molecule has 1 saturated heterocycles. The normalized spacial score (nSPS) is 14.5. The van der Waals surface area contributed by atoms with Crippen LogP contribution >= 0.6 is 11.8 Å². The Morgan fingerprint density at radius 3 is 2.31 bits per heavy atom. The lowest BCUT2D eigenvalue weighted by Gasteiger charge is -2.32. The summed E-state index contributed by atoms with van der Waals surface area (Å²) in [7, 11) is 0. The molecule has 1 heterocycles. The summed E-state index contributed by atoms with van der Waals surface area (Å²) >= 11 is 1.61. The zero-order valence-corrected chi connectivity index (χ0v) is 19.6. The maximum absolute atomic E-state index is 9.03. The summed E-state index contributed by atoms with van der Waals surface area (Å²) in [6.45, 7) is 4.82. The summed E-state index contributed by atoms with van der Waals surface area (Å²) in [6.07, 6.45) is 7.81. The van der Waals surface area contributed by atoms with Gasteiger partial charge < -0.3 is 14.4 Å². The number of nitriles is 2. The fourth-order valence-electron chi connectivity index (χ4n) is 4.01. The number of hydrogen-bond donors (Lipinski definition) is 0. The molecule has 0 spiro atoms. The molecule has 0 aliphatic carbocycles. The van der Waals surface area contributed by atoms with E-state index < -0.39 is 0 Å². The average Bonchev–Trinajstić information content (AvgIpc) is 2.85. The van der Waals surface area contributed by atoms with E-state index in [4.69, 9.17) is 20.0 Å². The standard InChI is InChI=1S/C26H31N3O2S/c1-32-26-18-23(20-28)7-10-25(26)31-17-3-13-29-14-11-21(12-15-29)4-2-16-30-24-8-5-22(19-27)6-9-24/h5-10,18,21H,2-4,11-17H2,1H3. The molecule has 5 nitrogen and oxygen atoms in total. The lowest BCUT2D eigenvalue weighted by Crippen LogP contribution is -2.35. The van der Waals surface area contributed by atoms with E-state index in [0.717, 1.165) is 61.4 Å². The molecule has 6 heteroatoms. The molecule has 0 atom stereocenters. The average molecular weight is 450 g/mol. The Labute approximate surface area is 195 Å². The van der Waals surface area contributed by atoms with Gasteiger partial charge in [0, 0.05) is 6.54 Å². The summed E-state index contributed by atoms with van der Waals surface area (Å²) in [5.74, 6) is 2.50. The number of rotatable bonds is 11. The lowest BCUT2D eigenvalue weighted by atomic mass is 9.92. The number of benzene rings is 2. The van der Waals surface area contributed by atoms with Crippen molar-refractivity contribution >= 4 is 11.8 Å². The van der Waals surface area contributed by atoms with Crippen LogP contribution in [0.3, 0.4) is 0 Å². The number of ether oxygens (including phenoxy) is 2. The molecule has 168 valence electrons. The second kappa shape index (κ2) is 13.0. The largest absolute Gasteiger partial charge is 0.494 e. The van der Waals surface area contributed by atoms with Crippen LogP contribution in [0.1, 0.15) is 43.2 Å². The van der Waals surface area contributed by atoms with Gasteiger partial charge in [-0.25, -0.2) is 0 Å². The molecule has 0 amide bonds. The van der Waals surface area contributed by atoms with Gasteiger partial charge >= 0.3 is 0 Å². The maximum atomic E-state index is 9.03. The van der Waals surface area contributed by atoms with Crippen molar-refractivity contribution in [3.05, 3.63) is 53.6 Å². The van der Waals surface area contributed by atoms with Crippen molar-refractivity contribution in [1.29, 1.82) is 10.5 Å². The molecule has 1 aliphatic heterocycles. The number of nitrogens with zero attached hydrogens (tertiary/aromatic N) is 3. The van der Waals surface area contributed by atoms with Gasteiger partial charge in [0.1, 0.15) is 11.5 Å². The third kappa shape index (κ3) is 7.48. The van der Waals surface area contributed by atoms with Gasteiger partial charge in [-0.05, 0) is 99.8 Å². The predicted molar refractivity (Wildman–Crippen MR) is 128 cm³/mol. The summed E-state index contributed by atoms with van der Waals surface area (Å²) in [5.41, 5.74) is 1.33. The molecule has 1 fully saturated rings. The minimum absolute atomic E-state index is 0.662. The Hall–Kier alpha value is -2.67. The number of thioether (sulfide) groups is 1. The van der Waals surface area contributed by atoms with Crippen LogP contribution in [0.15, 0.2) is 47.4 Å². The van der Waals surface area contributed by atoms with Crippen LogP contribution in [0.4, 0.5) is 0 Å². The van der Waals surface area contributed by atoms with Crippen molar-refractivity contribution < 1.29 is 9.47 Å². The van der Waals surface area contributed by atoms with Crippen molar-refractivity contribution in [2.45, 2.75) is 37.0 Å². The van der Waals surface area contributed by atoms with Gasteiger partial charge in [-0.15, -0.1) is 11.8 Å². The Morgan fingerprint density at radius 2 is 1.62 bits per heavy atom. The van der Waals surface area contributed by atoms with E-state index in [1.807, 2.05) is 36.6 Å². The summed E-state index contributed by atoms with van der Waals surface area (Å²) < 4.78 is 11.8. The maximum Gasteiger partial charge on any atom is 0.132 e. The summed E-state index contributed by atoms with van der Waals surface area (Å²) in [4.78, 5) is 3.56. The molecular formula is C26H31N3O2S. The van der Waals surface area contributed by atoms with Crippen LogP contribution in [0.5, 0.6) is 11.5 Å². The number of hydrogen-bond acceptors (Lipinski definition) is 6. The second-order valence-electron chi connectivity index (χ2n) is 8.09. The lowest BCUT2D eigenvalue weighted by molar-refractivity contribution is 0.161. The molecule has 3 rings (SSSR count). The fourth-order valence-corrected chi connectivity index (χ4v) is 4.59. The SMILES string of the molecule is CSc1cc(C#N)ccc1OCCCN1CCC(CCCOc2ccc(C#N)cc2)CC1. The van der Waals surface area contributed by atoms with Gasteiger partial charge in [-0.2, -0.15) is 10.5 Å². The van der Waals surface area contributed by atoms with Crippen molar-refractivity contribution in [2.24, 2.45) is 5.92 Å². The highest BCUT2D eigenvalue weighted by molar-refractivity contribution is 7.98. The van der Waals surface area contributed by atoms with Gasteiger partial charge in [-0.3, -0.25) is 0 Å². The van der Waals surface area contributed by atoms with Crippen LogP contribution < -0.4 is 9.47 Å². The van der Waals surface area contributed by atoms with Gasteiger partial charge in [0.25, 0.3) is 0 Å². The van der Waals surface area contributed by atoms with Crippen molar-refractivity contribution in [2.75, 3.05) is 39.1 Å². The number of piperidine rings is 1. The Bertz CT molecular complexity index is 926. The van der Waals surface area contributed by atoms with Crippen LogP contribution in [-0.2, 0) is 0 Å². The molecule has 2 aromatic rings. The van der Waals surface area contributed by atoms with E-state index in [1.165, 1.54) is 19.3 Å². The van der Waals surface area contributed by atoms with Gasteiger partial charge in [0.05, 0.1) is 41.4 Å². The van der Waals surface area contributed by atoms with Crippen LogP contribution in [0, 0.1) is 28.6 Å². The van der Waals surface area contributed by atoms with E-state index in [2.05, 4.69) is 17.0 Å². The van der Waals surface area contributed by atoms with Gasteiger partial charge in [0.15, 0.2) is 0 Å². The summed E-state index contributed by atoms with van der Waals surface area (Å²) in [6, 6.07) is 17.2. The van der Waals surface area contributed by atoms with Gasteiger partial charge in [-0.1, -0.05) is 0 Å². The third-order valence-corrected chi connectivity index (χ3v) is 6.64. The molecule has 0 aromatic heterocycles. The molecule has 0 saturated carbocycles. The Morgan fingerprint density at radius 1 is 0.938 bits per heavy atom. The highest BCUT2D eigenvalue weighted by Crippen LogP contribution is 2.29. The summed E-state index contributed by atoms with van der Waals surface area (Å²) in [5, 5.41) is 17.9. The fraction of sp³-hybridized carbons (Fsp3) is 0.462. The van der Waals surface area contributed by atoms with E-state index in [1.54, 1.807) is 23.9 Å². The minimum atomic E-state index is 0.662. The first-order chi connectivity index (χ1) is 15.7. The van der Waals surface area contributed by atoms with Crippen LogP contribution in [0.2, 0.25) is 0 Å². The first-order valence-corrected chi connectivity index (χ1v) is 12.5. The highest BCUT2D eigenvalue weighted by Gasteiger charge is 2.18. The molecular weight excluding hydrogens is 418 g/mol. The minimum Gasteiger partial charge on any atom is -0.494 e. The van der Waals surface area contributed by atoms with Crippen LogP contribution in [-0.4, -0.2) is 44.0 Å². The molecule has 0 unspecified atom stereocenters. The van der Waals surface area contributed by atoms with Crippen molar-refractivity contribution in [1.82, 2.24) is 4.90 Å². The zero-order valence-electron chi connectivity index (χ0n) is 18.8. The van der Waals surface area contributed by atoms with E-state index >= 15 is 0 Å². The molecule has 0 bridgehead atoms. The monoisotopic (exact) mass is 449 g/mol. The molecule has 0 radical (unpaired) electrons. The van der Waals surface area contributed by atoms with Crippen molar-refractivity contribution in [3.8, 4) is 23.6 Å². The van der Waals surface area contributed by atoms with E-state index in [0.29, 0.717) is 17.7 Å². The quantitative estimate of drug-likeness (QED) is 0.334. The first kappa shape index (κ1) is 24.0. The second-order valence-corrected chi connectivity index (χ2v) is 8.94. The number of likely N-dealkylation sites (tertiary alicyclic amines) is 1. The van der Waals surface area contributed by atoms with Gasteiger partial charge in [0.2, 0.25) is 0 Å². The predicted octanol–water partition coefficient (Wildman–Crippen LogP) is 5.49. The third-order valence-electron chi connectivity index (χ3n) is 5.88. The first-order valence-electron chi connectivity index (χ1n) is 11.3. The highest BCUT2D eigenvalue weighted by atomic mass is 32.2. The zero-order chi connectivity index (χ0) is 22.6. The Balaban J connectivity index is 1.26. The molecule has 2 aromatic carbocycles. The molecule has 1 aliphatic rings. The topological polar surface area (TPSA) is 69.3 Å². The van der Waals surface area contributed by atoms with Crippen molar-refractivity contribution in [3.63, 3.8) is 0 Å².